The van der Waals surface area contributed by atoms with E-state index in [0.717, 1.165) is 18.7 Å². The molecule has 0 radical (unpaired) electrons. The molecule has 0 unspecified atom stereocenters. The number of carbonyl (C=O) groups is 1. The molecule has 1 amide bonds. The Morgan fingerprint density at radius 3 is 2.31 bits per heavy atom. The van der Waals surface area contributed by atoms with Crippen LogP contribution >= 0.6 is 23.2 Å². The molecule has 0 saturated heterocycles. The third kappa shape index (κ3) is 3.39. The molecule has 88 valence electrons. The van der Waals surface area contributed by atoms with Crippen molar-refractivity contribution in [1.82, 2.24) is 4.90 Å². The zero-order valence-corrected chi connectivity index (χ0v) is 11.0. The predicted molar refractivity (Wildman–Crippen MR) is 68.1 cm³/mol. The van der Waals surface area contributed by atoms with Gasteiger partial charge in [-0.25, -0.2) is 0 Å². The van der Waals surface area contributed by atoms with E-state index < -0.39 is 0 Å². The molecule has 1 aromatic carbocycles. The van der Waals surface area contributed by atoms with E-state index in [1.807, 2.05) is 19.9 Å². The lowest BCUT2D eigenvalue weighted by molar-refractivity contribution is -0.130. The van der Waals surface area contributed by atoms with Gasteiger partial charge in [0, 0.05) is 13.1 Å². The number of nitrogens with zero attached hydrogens (tertiary/aromatic N) is 1. The SMILES string of the molecule is CCN(CC)C(=O)Cc1ccc(Cl)c(Cl)c1. The summed E-state index contributed by atoms with van der Waals surface area (Å²) in [5, 5.41) is 1.01. The van der Waals surface area contributed by atoms with Crippen molar-refractivity contribution in [1.29, 1.82) is 0 Å². The van der Waals surface area contributed by atoms with Gasteiger partial charge in [-0.05, 0) is 31.5 Å². The summed E-state index contributed by atoms with van der Waals surface area (Å²) < 4.78 is 0. The molecule has 0 bridgehead atoms. The van der Waals surface area contributed by atoms with Gasteiger partial charge in [0.15, 0.2) is 0 Å². The second-order valence-corrected chi connectivity index (χ2v) is 4.31. The summed E-state index contributed by atoms with van der Waals surface area (Å²) >= 11 is 11.7. The number of hydrogen-bond acceptors (Lipinski definition) is 1. The van der Waals surface area contributed by atoms with Crippen molar-refractivity contribution in [3.8, 4) is 0 Å². The molecule has 0 saturated carbocycles. The molecule has 2 nitrogen and oxygen atoms in total. The van der Waals surface area contributed by atoms with Gasteiger partial charge in [-0.1, -0.05) is 29.3 Å². The lowest BCUT2D eigenvalue weighted by Gasteiger charge is -2.18. The van der Waals surface area contributed by atoms with Crippen LogP contribution in [-0.2, 0) is 11.2 Å². The highest BCUT2D eigenvalue weighted by Gasteiger charge is 2.10. The predicted octanol–water partition coefficient (Wildman–Crippen LogP) is 3.40. The second-order valence-electron chi connectivity index (χ2n) is 3.49. The Morgan fingerprint density at radius 2 is 1.81 bits per heavy atom. The molecule has 0 aliphatic heterocycles. The fourth-order valence-electron chi connectivity index (χ4n) is 1.51. The first-order valence-corrected chi connectivity index (χ1v) is 6.05. The number of halogens is 2. The van der Waals surface area contributed by atoms with Crippen molar-refractivity contribution in [2.75, 3.05) is 13.1 Å². The fraction of sp³-hybridized carbons (Fsp3) is 0.417. The van der Waals surface area contributed by atoms with E-state index in [1.165, 1.54) is 0 Å². The van der Waals surface area contributed by atoms with Crippen LogP contribution in [0.4, 0.5) is 0 Å². The van der Waals surface area contributed by atoms with Gasteiger partial charge in [0.05, 0.1) is 16.5 Å². The minimum Gasteiger partial charge on any atom is -0.343 e. The van der Waals surface area contributed by atoms with Crippen LogP contribution in [0, 0.1) is 0 Å². The van der Waals surface area contributed by atoms with Crippen LogP contribution in [0.3, 0.4) is 0 Å². The minimum absolute atomic E-state index is 0.114. The highest BCUT2D eigenvalue weighted by atomic mass is 35.5. The maximum atomic E-state index is 11.8. The Balaban J connectivity index is 2.73. The molecule has 0 aromatic heterocycles. The van der Waals surface area contributed by atoms with E-state index >= 15 is 0 Å². The monoisotopic (exact) mass is 259 g/mol. The number of hydrogen-bond donors (Lipinski definition) is 0. The third-order valence-corrected chi connectivity index (χ3v) is 3.19. The maximum absolute atomic E-state index is 11.8. The number of benzene rings is 1. The van der Waals surface area contributed by atoms with E-state index in [-0.39, 0.29) is 5.91 Å². The number of carbonyl (C=O) groups excluding carboxylic acids is 1. The van der Waals surface area contributed by atoms with Crippen LogP contribution < -0.4 is 0 Å². The molecule has 1 rings (SSSR count). The third-order valence-electron chi connectivity index (χ3n) is 2.46. The van der Waals surface area contributed by atoms with E-state index in [0.29, 0.717) is 16.5 Å². The maximum Gasteiger partial charge on any atom is 0.226 e. The lowest BCUT2D eigenvalue weighted by Crippen LogP contribution is -2.31. The summed E-state index contributed by atoms with van der Waals surface area (Å²) in [7, 11) is 0. The van der Waals surface area contributed by atoms with Gasteiger partial charge in [0.25, 0.3) is 0 Å². The number of likely N-dealkylation sites (N-methyl/N-ethyl adjacent to an activating group) is 1. The van der Waals surface area contributed by atoms with Crippen LogP contribution in [0.2, 0.25) is 10.0 Å². The zero-order valence-electron chi connectivity index (χ0n) is 9.46. The Kier molecular flexibility index (Phi) is 5.10. The smallest absolute Gasteiger partial charge is 0.226 e. The average molecular weight is 260 g/mol. The molecule has 0 atom stereocenters. The van der Waals surface area contributed by atoms with Gasteiger partial charge in [-0.3, -0.25) is 4.79 Å². The summed E-state index contributed by atoms with van der Waals surface area (Å²) in [5.41, 5.74) is 0.895. The summed E-state index contributed by atoms with van der Waals surface area (Å²) in [6.07, 6.45) is 0.374. The van der Waals surface area contributed by atoms with E-state index in [1.54, 1.807) is 17.0 Å². The molecule has 1 aromatic rings. The van der Waals surface area contributed by atoms with Crippen molar-refractivity contribution in [2.45, 2.75) is 20.3 Å². The van der Waals surface area contributed by atoms with Crippen LogP contribution in [0.1, 0.15) is 19.4 Å². The molecule has 0 N–H and O–H groups in total. The zero-order chi connectivity index (χ0) is 12.1. The van der Waals surface area contributed by atoms with Crippen molar-refractivity contribution in [3.63, 3.8) is 0 Å². The average Bonchev–Trinajstić information content (AvgIpc) is 2.25. The van der Waals surface area contributed by atoms with Crippen molar-refractivity contribution < 1.29 is 4.79 Å². The Bertz CT molecular complexity index is 375. The van der Waals surface area contributed by atoms with Crippen LogP contribution in [0.25, 0.3) is 0 Å². The molecule has 0 aliphatic rings. The molecule has 0 spiro atoms. The Morgan fingerprint density at radius 1 is 1.19 bits per heavy atom. The van der Waals surface area contributed by atoms with Crippen molar-refractivity contribution >= 4 is 29.1 Å². The van der Waals surface area contributed by atoms with E-state index in [4.69, 9.17) is 23.2 Å². The molecule has 0 heterocycles. The first-order valence-electron chi connectivity index (χ1n) is 5.30. The summed E-state index contributed by atoms with van der Waals surface area (Å²) in [4.78, 5) is 13.6. The topological polar surface area (TPSA) is 20.3 Å². The molecular weight excluding hydrogens is 245 g/mol. The molecule has 16 heavy (non-hydrogen) atoms. The van der Waals surface area contributed by atoms with Gasteiger partial charge in [-0.2, -0.15) is 0 Å². The molecule has 4 heteroatoms. The van der Waals surface area contributed by atoms with Gasteiger partial charge >= 0.3 is 0 Å². The quantitative estimate of drug-likeness (QED) is 0.812. The highest BCUT2D eigenvalue weighted by Crippen LogP contribution is 2.22. The second kappa shape index (κ2) is 6.12. The van der Waals surface area contributed by atoms with Crippen molar-refractivity contribution in [3.05, 3.63) is 33.8 Å². The van der Waals surface area contributed by atoms with Gasteiger partial charge in [-0.15, -0.1) is 0 Å². The standard InChI is InChI=1S/C12H15Cl2NO/c1-3-15(4-2)12(16)8-9-5-6-10(13)11(14)7-9/h5-7H,3-4,8H2,1-2H3. The van der Waals surface area contributed by atoms with E-state index in [2.05, 4.69) is 0 Å². The lowest BCUT2D eigenvalue weighted by atomic mass is 10.1. The largest absolute Gasteiger partial charge is 0.343 e. The first kappa shape index (κ1) is 13.3. The van der Waals surface area contributed by atoms with Crippen LogP contribution in [0.5, 0.6) is 0 Å². The normalized spacial score (nSPS) is 10.2. The summed E-state index contributed by atoms with van der Waals surface area (Å²) in [6, 6.07) is 5.29. The number of amides is 1. The van der Waals surface area contributed by atoms with Crippen molar-refractivity contribution in [2.24, 2.45) is 0 Å². The minimum atomic E-state index is 0.114. The Hall–Kier alpha value is -0.730. The molecule has 0 fully saturated rings. The molecule has 0 aliphatic carbocycles. The fourth-order valence-corrected chi connectivity index (χ4v) is 1.83. The first-order chi connectivity index (χ1) is 7.58. The van der Waals surface area contributed by atoms with Gasteiger partial charge < -0.3 is 4.90 Å². The highest BCUT2D eigenvalue weighted by molar-refractivity contribution is 6.42. The van der Waals surface area contributed by atoms with E-state index in [9.17, 15) is 4.79 Å². The van der Waals surface area contributed by atoms with Crippen LogP contribution in [0.15, 0.2) is 18.2 Å². The van der Waals surface area contributed by atoms with Crippen LogP contribution in [-0.4, -0.2) is 23.9 Å². The molecular formula is C12H15Cl2NO. The summed E-state index contributed by atoms with van der Waals surface area (Å²) in [6.45, 7) is 5.40. The van der Waals surface area contributed by atoms with Gasteiger partial charge in [0.2, 0.25) is 5.91 Å². The number of rotatable bonds is 4. The van der Waals surface area contributed by atoms with Gasteiger partial charge in [0.1, 0.15) is 0 Å². The Labute approximate surface area is 106 Å². The summed E-state index contributed by atoms with van der Waals surface area (Å²) in [5.74, 6) is 0.114.